The Labute approximate surface area is 179 Å². The molecule has 0 spiro atoms. The molecule has 31 heavy (non-hydrogen) atoms. The second-order valence-corrected chi connectivity index (χ2v) is 6.88. The summed E-state index contributed by atoms with van der Waals surface area (Å²) in [5.41, 5.74) is 4.68. The number of hydrazone groups is 1. The van der Waals surface area contributed by atoms with E-state index in [1.165, 1.54) is 0 Å². The van der Waals surface area contributed by atoms with Gasteiger partial charge in [0.15, 0.2) is 11.5 Å². The maximum atomic E-state index is 12.2. The van der Waals surface area contributed by atoms with E-state index in [4.69, 9.17) is 9.47 Å². The van der Waals surface area contributed by atoms with Crippen molar-refractivity contribution in [2.24, 2.45) is 5.10 Å². The fourth-order valence-corrected chi connectivity index (χ4v) is 2.81. The van der Waals surface area contributed by atoms with Crippen LogP contribution < -0.4 is 25.5 Å². The number of fused-ring (bicyclic) bond motifs is 1. The van der Waals surface area contributed by atoms with Crippen molar-refractivity contribution < 1.29 is 23.9 Å². The molecule has 0 bridgehead atoms. The Balaban J connectivity index is 1.47. The van der Waals surface area contributed by atoms with Crippen LogP contribution in [0.15, 0.2) is 47.6 Å². The molecule has 0 saturated carbocycles. The van der Waals surface area contributed by atoms with E-state index in [1.54, 1.807) is 37.3 Å². The molecule has 0 radical (unpaired) electrons. The summed E-state index contributed by atoms with van der Waals surface area (Å²) in [6, 6.07) is 12.3. The van der Waals surface area contributed by atoms with Crippen LogP contribution >= 0.6 is 0 Å². The van der Waals surface area contributed by atoms with E-state index in [2.05, 4.69) is 21.2 Å². The van der Waals surface area contributed by atoms with Gasteiger partial charge in [-0.25, -0.2) is 5.43 Å². The number of nitrogens with one attached hydrogen (secondary N) is 3. The maximum absolute atomic E-state index is 12.2. The fraction of sp³-hybridized carbons (Fsp3) is 0.273. The SMILES string of the molecule is CCc1ccc(NC(=O)C(=O)NN=C(C)CC(=O)Nc2ccc3c(c2)OCCO3)cc1. The number of hydrogen-bond acceptors (Lipinski definition) is 6. The zero-order valence-electron chi connectivity index (χ0n) is 17.4. The summed E-state index contributed by atoms with van der Waals surface area (Å²) in [7, 11) is 0. The summed E-state index contributed by atoms with van der Waals surface area (Å²) in [6.07, 6.45) is 0.819. The van der Waals surface area contributed by atoms with Crippen molar-refractivity contribution >= 4 is 34.8 Å². The van der Waals surface area contributed by atoms with Crippen LogP contribution in [0.4, 0.5) is 11.4 Å². The summed E-state index contributed by atoms with van der Waals surface area (Å²) < 4.78 is 10.9. The van der Waals surface area contributed by atoms with Crippen molar-refractivity contribution in [3.63, 3.8) is 0 Å². The average Bonchev–Trinajstić information content (AvgIpc) is 2.77. The largest absolute Gasteiger partial charge is 0.486 e. The number of carbonyl (C=O) groups excluding carboxylic acids is 3. The van der Waals surface area contributed by atoms with Crippen molar-refractivity contribution in [1.29, 1.82) is 0 Å². The molecule has 2 aromatic carbocycles. The molecule has 0 saturated heterocycles. The van der Waals surface area contributed by atoms with E-state index < -0.39 is 11.8 Å². The molecule has 9 heteroatoms. The number of anilines is 2. The van der Waals surface area contributed by atoms with Gasteiger partial charge in [-0.15, -0.1) is 0 Å². The predicted molar refractivity (Wildman–Crippen MR) is 116 cm³/mol. The number of benzene rings is 2. The first kappa shape index (κ1) is 21.8. The van der Waals surface area contributed by atoms with Gasteiger partial charge in [0.05, 0.1) is 6.42 Å². The maximum Gasteiger partial charge on any atom is 0.329 e. The third kappa shape index (κ3) is 6.30. The first-order valence-corrected chi connectivity index (χ1v) is 9.87. The lowest BCUT2D eigenvalue weighted by atomic mass is 10.1. The third-order valence-electron chi connectivity index (χ3n) is 4.42. The number of rotatable bonds is 6. The Kier molecular flexibility index (Phi) is 7.21. The first-order valence-electron chi connectivity index (χ1n) is 9.87. The second kappa shape index (κ2) is 10.2. The highest BCUT2D eigenvalue weighted by atomic mass is 16.6. The van der Waals surface area contributed by atoms with Crippen LogP contribution in [0.2, 0.25) is 0 Å². The Bertz CT molecular complexity index is 1000. The summed E-state index contributed by atoms with van der Waals surface area (Å²) in [5, 5.41) is 9.04. The van der Waals surface area contributed by atoms with Gasteiger partial charge >= 0.3 is 11.8 Å². The van der Waals surface area contributed by atoms with Gasteiger partial charge in [-0.3, -0.25) is 14.4 Å². The van der Waals surface area contributed by atoms with E-state index in [0.29, 0.717) is 41.8 Å². The van der Waals surface area contributed by atoms with Crippen LogP contribution in [0, 0.1) is 0 Å². The third-order valence-corrected chi connectivity index (χ3v) is 4.42. The highest BCUT2D eigenvalue weighted by molar-refractivity contribution is 6.39. The minimum absolute atomic E-state index is 0.0607. The number of aryl methyl sites for hydroxylation is 1. The quantitative estimate of drug-likeness (QED) is 0.374. The Morgan fingerprint density at radius 1 is 0.903 bits per heavy atom. The van der Waals surface area contributed by atoms with Gasteiger partial charge in [0.25, 0.3) is 0 Å². The van der Waals surface area contributed by atoms with Gasteiger partial charge in [-0.05, 0) is 43.2 Å². The zero-order valence-corrected chi connectivity index (χ0v) is 17.4. The Morgan fingerprint density at radius 2 is 1.58 bits per heavy atom. The molecule has 162 valence electrons. The van der Waals surface area contributed by atoms with Crippen LogP contribution in [-0.4, -0.2) is 36.6 Å². The summed E-state index contributed by atoms with van der Waals surface area (Å²) in [4.78, 5) is 36.1. The van der Waals surface area contributed by atoms with Crippen molar-refractivity contribution in [1.82, 2.24) is 5.43 Å². The number of carbonyl (C=O) groups is 3. The minimum Gasteiger partial charge on any atom is -0.486 e. The summed E-state index contributed by atoms with van der Waals surface area (Å²) >= 11 is 0. The van der Waals surface area contributed by atoms with E-state index in [1.807, 2.05) is 19.1 Å². The number of hydrogen-bond donors (Lipinski definition) is 3. The molecule has 0 unspecified atom stereocenters. The van der Waals surface area contributed by atoms with Gasteiger partial charge in [-0.2, -0.15) is 5.10 Å². The lowest BCUT2D eigenvalue weighted by Gasteiger charge is -2.19. The molecule has 0 fully saturated rings. The molecule has 1 heterocycles. The Hall–Kier alpha value is -3.88. The van der Waals surface area contributed by atoms with Crippen LogP contribution in [0.5, 0.6) is 11.5 Å². The van der Waals surface area contributed by atoms with E-state index in [9.17, 15) is 14.4 Å². The van der Waals surface area contributed by atoms with Gasteiger partial charge in [0.1, 0.15) is 13.2 Å². The van der Waals surface area contributed by atoms with Crippen LogP contribution in [0.25, 0.3) is 0 Å². The zero-order chi connectivity index (χ0) is 22.2. The fourth-order valence-electron chi connectivity index (χ4n) is 2.81. The van der Waals surface area contributed by atoms with Gasteiger partial charge in [0.2, 0.25) is 5.91 Å². The van der Waals surface area contributed by atoms with Crippen LogP contribution in [0.3, 0.4) is 0 Å². The molecule has 3 N–H and O–H groups in total. The van der Waals surface area contributed by atoms with Gasteiger partial charge in [0, 0.05) is 23.2 Å². The van der Waals surface area contributed by atoms with Crippen molar-refractivity contribution in [3.05, 3.63) is 48.0 Å². The second-order valence-electron chi connectivity index (χ2n) is 6.88. The number of ether oxygens (including phenoxy) is 2. The highest BCUT2D eigenvalue weighted by Gasteiger charge is 2.15. The van der Waals surface area contributed by atoms with Crippen molar-refractivity contribution in [2.45, 2.75) is 26.7 Å². The monoisotopic (exact) mass is 424 g/mol. The molecule has 9 nitrogen and oxygen atoms in total. The smallest absolute Gasteiger partial charge is 0.329 e. The lowest BCUT2D eigenvalue weighted by molar-refractivity contribution is -0.136. The molecular weight excluding hydrogens is 400 g/mol. The molecule has 3 amide bonds. The molecule has 0 aromatic heterocycles. The Morgan fingerprint density at radius 3 is 2.29 bits per heavy atom. The molecule has 0 aliphatic carbocycles. The average molecular weight is 424 g/mol. The van der Waals surface area contributed by atoms with Crippen LogP contribution in [-0.2, 0) is 20.8 Å². The molecule has 1 aliphatic rings. The number of amides is 3. The topological polar surface area (TPSA) is 118 Å². The molecular formula is C22H24N4O5. The summed E-state index contributed by atoms with van der Waals surface area (Å²) in [5.74, 6) is -0.901. The number of nitrogens with zero attached hydrogens (tertiary/aromatic N) is 1. The lowest BCUT2D eigenvalue weighted by Crippen LogP contribution is -2.33. The normalized spacial score (nSPS) is 12.6. The van der Waals surface area contributed by atoms with Crippen molar-refractivity contribution in [3.8, 4) is 11.5 Å². The predicted octanol–water partition coefficient (Wildman–Crippen LogP) is 2.48. The molecule has 1 aliphatic heterocycles. The van der Waals surface area contributed by atoms with Gasteiger partial charge in [-0.1, -0.05) is 19.1 Å². The molecule has 0 atom stereocenters. The molecule has 2 aromatic rings. The van der Waals surface area contributed by atoms with E-state index >= 15 is 0 Å². The van der Waals surface area contributed by atoms with Crippen LogP contribution in [0.1, 0.15) is 25.8 Å². The first-order chi connectivity index (χ1) is 14.9. The molecule has 3 rings (SSSR count). The highest BCUT2D eigenvalue weighted by Crippen LogP contribution is 2.32. The summed E-state index contributed by atoms with van der Waals surface area (Å²) in [6.45, 7) is 4.54. The van der Waals surface area contributed by atoms with E-state index in [0.717, 1.165) is 12.0 Å². The van der Waals surface area contributed by atoms with E-state index in [-0.39, 0.29) is 12.3 Å². The minimum atomic E-state index is -0.925. The van der Waals surface area contributed by atoms with Crippen molar-refractivity contribution in [2.75, 3.05) is 23.8 Å². The standard InChI is InChI=1S/C22H24N4O5/c1-3-15-4-6-16(7-5-15)24-21(28)22(29)26-25-14(2)12-20(27)23-17-8-9-18-19(13-17)31-11-10-30-18/h4-9,13H,3,10-12H2,1-2H3,(H,23,27)(H,24,28)(H,26,29). The van der Waals surface area contributed by atoms with Gasteiger partial charge < -0.3 is 20.1 Å².